The fraction of sp³-hybridized carbons (Fsp3) is 0.524. The number of unbranched alkanes of at least 4 members (excludes halogenated alkanes) is 2. The molecule has 136 valence electrons. The van der Waals surface area contributed by atoms with E-state index in [0.717, 1.165) is 0 Å². The van der Waals surface area contributed by atoms with Crippen LogP contribution in [0.15, 0.2) is 36.7 Å². The van der Waals surface area contributed by atoms with E-state index in [9.17, 15) is 0 Å². The quantitative estimate of drug-likeness (QED) is 0.598. The molecule has 0 bridgehead atoms. The summed E-state index contributed by atoms with van der Waals surface area (Å²) < 4.78 is 5.02. The monoisotopic (exact) mass is 342 g/mol. The Labute approximate surface area is 150 Å². The van der Waals surface area contributed by atoms with Gasteiger partial charge in [-0.25, -0.2) is 9.13 Å². The minimum Gasteiger partial charge on any atom is -0.870 e. The molecule has 0 aliphatic heterocycles. The van der Waals surface area contributed by atoms with Gasteiger partial charge >= 0.3 is 0 Å². The van der Waals surface area contributed by atoms with Crippen molar-refractivity contribution in [3.63, 3.8) is 0 Å². The Hall–Kier alpha value is -1.78. The molecule has 4 nitrogen and oxygen atoms in total. The molecule has 0 amide bonds. The molecule has 2 aliphatic carbocycles. The third-order valence-electron chi connectivity index (χ3n) is 5.58. The van der Waals surface area contributed by atoms with Gasteiger partial charge in [0.25, 0.3) is 0 Å². The van der Waals surface area contributed by atoms with Gasteiger partial charge in [0, 0.05) is 48.9 Å². The van der Waals surface area contributed by atoms with E-state index in [4.69, 9.17) is 0 Å². The summed E-state index contributed by atoms with van der Waals surface area (Å²) >= 11 is 0. The second-order valence-corrected chi connectivity index (χ2v) is 7.11. The predicted molar refractivity (Wildman–Crippen MR) is 95.0 cm³/mol. The van der Waals surface area contributed by atoms with Gasteiger partial charge in [0.05, 0.1) is 0 Å². The first-order valence-electron chi connectivity index (χ1n) is 9.42. The van der Waals surface area contributed by atoms with E-state index in [1.807, 2.05) is 0 Å². The maximum absolute atomic E-state index is 2.51. The first-order chi connectivity index (χ1) is 11.4. The molecule has 4 rings (SSSR count). The van der Waals surface area contributed by atoms with Crippen molar-refractivity contribution in [1.29, 1.82) is 0 Å². The molecule has 2 aromatic rings. The summed E-state index contributed by atoms with van der Waals surface area (Å²) in [4.78, 5) is 0. The van der Waals surface area contributed by atoms with Crippen molar-refractivity contribution in [1.82, 2.24) is 0 Å². The number of nitrogens with zero attached hydrogens (tertiary/aromatic N) is 2. The van der Waals surface area contributed by atoms with Gasteiger partial charge in [-0.3, -0.25) is 0 Å². The first-order valence-corrected chi connectivity index (χ1v) is 9.42. The van der Waals surface area contributed by atoms with Gasteiger partial charge in [-0.2, -0.15) is 0 Å². The summed E-state index contributed by atoms with van der Waals surface area (Å²) in [5, 5.41) is 0. The topological polar surface area (TPSA) is 67.8 Å². The fourth-order valence-electron chi connectivity index (χ4n) is 4.38. The first kappa shape index (κ1) is 19.5. The third-order valence-corrected chi connectivity index (χ3v) is 5.58. The molecular weight excluding hydrogens is 312 g/mol. The van der Waals surface area contributed by atoms with Crippen LogP contribution in [0.25, 0.3) is 0 Å². The molecule has 0 spiro atoms. The van der Waals surface area contributed by atoms with Gasteiger partial charge in [0.1, 0.15) is 13.1 Å². The van der Waals surface area contributed by atoms with Gasteiger partial charge in [0.15, 0.2) is 23.8 Å². The Balaban J connectivity index is 0.00000113. The zero-order valence-electron chi connectivity index (χ0n) is 15.0. The van der Waals surface area contributed by atoms with Crippen LogP contribution in [0.4, 0.5) is 0 Å². The van der Waals surface area contributed by atoms with Crippen molar-refractivity contribution >= 4 is 0 Å². The zero-order valence-corrected chi connectivity index (χ0v) is 15.0. The van der Waals surface area contributed by atoms with Crippen molar-refractivity contribution in [2.24, 2.45) is 0 Å². The average Bonchev–Trinajstić information content (AvgIpc) is 3.24. The highest BCUT2D eigenvalue weighted by molar-refractivity contribution is 5.20. The molecule has 0 atom stereocenters. The number of pyridine rings is 2. The van der Waals surface area contributed by atoms with Gasteiger partial charge < -0.3 is 11.0 Å². The van der Waals surface area contributed by atoms with Crippen LogP contribution in [-0.4, -0.2) is 11.0 Å². The Kier molecular flexibility index (Phi) is 7.09. The van der Waals surface area contributed by atoms with Crippen molar-refractivity contribution < 1.29 is 20.1 Å². The fourth-order valence-corrected chi connectivity index (χ4v) is 4.38. The van der Waals surface area contributed by atoms with E-state index < -0.39 is 0 Å². The molecule has 2 N–H and O–H groups in total. The van der Waals surface area contributed by atoms with Crippen LogP contribution in [0, 0.1) is 0 Å². The highest BCUT2D eigenvalue weighted by Crippen LogP contribution is 2.18. The maximum atomic E-state index is 2.51. The second-order valence-electron chi connectivity index (χ2n) is 7.11. The van der Waals surface area contributed by atoms with E-state index in [-0.39, 0.29) is 11.0 Å². The molecule has 0 saturated heterocycles. The molecule has 4 heteroatoms. The largest absolute Gasteiger partial charge is 0.870 e. The molecule has 0 saturated carbocycles. The molecule has 0 aromatic carbocycles. The average molecular weight is 342 g/mol. The van der Waals surface area contributed by atoms with Crippen LogP contribution in [0.3, 0.4) is 0 Å². The Morgan fingerprint density at radius 2 is 1.12 bits per heavy atom. The predicted octanol–water partition coefficient (Wildman–Crippen LogP) is 2.76. The van der Waals surface area contributed by atoms with Gasteiger partial charge in [-0.05, 0) is 44.2 Å². The Morgan fingerprint density at radius 3 is 1.60 bits per heavy atom. The summed E-state index contributed by atoms with van der Waals surface area (Å²) in [6.45, 7) is 2.39. The van der Waals surface area contributed by atoms with Crippen LogP contribution >= 0.6 is 0 Å². The van der Waals surface area contributed by atoms with Crippen LogP contribution in [0.2, 0.25) is 0 Å². The summed E-state index contributed by atoms with van der Waals surface area (Å²) in [7, 11) is 0. The van der Waals surface area contributed by atoms with Crippen LogP contribution in [0.5, 0.6) is 0 Å². The van der Waals surface area contributed by atoms with E-state index in [1.54, 1.807) is 22.5 Å². The molecular formula is C21H30N2O2. The van der Waals surface area contributed by atoms with Crippen molar-refractivity contribution in [3.8, 4) is 0 Å². The van der Waals surface area contributed by atoms with Crippen LogP contribution < -0.4 is 9.13 Å². The van der Waals surface area contributed by atoms with E-state index >= 15 is 0 Å². The Morgan fingerprint density at radius 1 is 0.640 bits per heavy atom. The highest BCUT2D eigenvalue weighted by Gasteiger charge is 2.22. The number of hydrogen-bond donors (Lipinski definition) is 0. The zero-order chi connectivity index (χ0) is 15.5. The number of hydrogen-bond acceptors (Lipinski definition) is 2. The van der Waals surface area contributed by atoms with Crippen molar-refractivity contribution in [2.75, 3.05) is 0 Å². The van der Waals surface area contributed by atoms with Crippen molar-refractivity contribution in [3.05, 3.63) is 59.2 Å². The number of aryl methyl sites for hydroxylation is 4. The number of rotatable bonds is 6. The minimum absolute atomic E-state index is 0. The summed E-state index contributed by atoms with van der Waals surface area (Å²) in [5.41, 5.74) is 6.37. The SMILES string of the molecule is [OH-].[OH-].c1cc2c([n+](CCCCC[n+]3cccc4c3CCC4)c1)CCC2. The number of aromatic nitrogens is 2. The van der Waals surface area contributed by atoms with Gasteiger partial charge in [0.2, 0.25) is 0 Å². The summed E-state index contributed by atoms with van der Waals surface area (Å²) in [5.74, 6) is 0. The molecule has 25 heavy (non-hydrogen) atoms. The van der Waals surface area contributed by atoms with E-state index in [0.29, 0.717) is 0 Å². The third kappa shape index (κ3) is 4.25. The Bertz CT molecular complexity index is 641. The summed E-state index contributed by atoms with van der Waals surface area (Å²) in [6.07, 6.45) is 16.3. The van der Waals surface area contributed by atoms with Crippen LogP contribution in [-0.2, 0) is 38.8 Å². The molecule has 2 aliphatic rings. The summed E-state index contributed by atoms with van der Waals surface area (Å²) in [6, 6.07) is 9.08. The molecule has 2 aromatic heterocycles. The van der Waals surface area contributed by atoms with Gasteiger partial charge in [-0.15, -0.1) is 0 Å². The standard InChI is InChI=1S/C21H28N2.2H2O/c1(2-14-22-16-6-10-18-8-4-12-20(18)22)3-15-23-17-7-11-19-9-5-13-21(19)23;;/h6-7,10-11,16-17H,1-5,8-9,12-15H2;2*1H2/q+2;;/p-2. The van der Waals surface area contributed by atoms with E-state index in [1.165, 1.54) is 70.9 Å². The second kappa shape index (κ2) is 9.07. The molecule has 2 heterocycles. The van der Waals surface area contributed by atoms with Crippen molar-refractivity contribution in [2.45, 2.75) is 70.9 Å². The lowest BCUT2D eigenvalue weighted by Gasteiger charge is -2.04. The highest BCUT2D eigenvalue weighted by atomic mass is 16.0. The lowest BCUT2D eigenvalue weighted by Crippen LogP contribution is -2.39. The van der Waals surface area contributed by atoms with E-state index in [2.05, 4.69) is 45.8 Å². The molecule has 0 radical (unpaired) electrons. The minimum atomic E-state index is 0. The lowest BCUT2D eigenvalue weighted by atomic mass is 10.2. The smallest absolute Gasteiger partial charge is 0.184 e. The maximum Gasteiger partial charge on any atom is 0.184 e. The van der Waals surface area contributed by atoms with Crippen LogP contribution in [0.1, 0.15) is 54.6 Å². The van der Waals surface area contributed by atoms with Gasteiger partial charge in [-0.1, -0.05) is 0 Å². The number of fused-ring (bicyclic) bond motifs is 2. The normalized spacial score (nSPS) is 14.4. The molecule has 0 fully saturated rings. The molecule has 0 unspecified atom stereocenters. The lowest BCUT2D eigenvalue weighted by molar-refractivity contribution is -0.707.